The van der Waals surface area contributed by atoms with E-state index >= 15 is 0 Å². The van der Waals surface area contributed by atoms with Crippen LogP contribution in [0.1, 0.15) is 5.56 Å². The zero-order valence-electron chi connectivity index (χ0n) is 13.3. The van der Waals surface area contributed by atoms with E-state index in [9.17, 15) is 9.59 Å². The van der Waals surface area contributed by atoms with Crippen molar-refractivity contribution in [3.63, 3.8) is 0 Å². The summed E-state index contributed by atoms with van der Waals surface area (Å²) in [5.41, 5.74) is 1.27. The zero-order valence-corrected chi connectivity index (χ0v) is 14.9. The highest BCUT2D eigenvalue weighted by Crippen LogP contribution is 2.30. The monoisotopic (exact) mass is 388 g/mol. The van der Waals surface area contributed by atoms with Gasteiger partial charge in [-0.25, -0.2) is 4.79 Å². The van der Waals surface area contributed by atoms with Gasteiger partial charge in [-0.1, -0.05) is 41.9 Å². The van der Waals surface area contributed by atoms with Gasteiger partial charge in [-0.15, -0.1) is 0 Å². The molecule has 1 saturated heterocycles. The quantitative estimate of drug-likeness (QED) is 0.605. The van der Waals surface area contributed by atoms with Gasteiger partial charge in [0.1, 0.15) is 11.4 Å². The Balaban J connectivity index is 1.92. The summed E-state index contributed by atoms with van der Waals surface area (Å²) >= 11 is 11.4. The van der Waals surface area contributed by atoms with Crippen molar-refractivity contribution in [2.75, 3.05) is 11.5 Å². The number of para-hydroxylation sites is 2. The predicted molar refractivity (Wildman–Crippen MR) is 102 cm³/mol. The number of thiocarbonyl (C=S) groups is 1. The van der Waals surface area contributed by atoms with Crippen LogP contribution in [0, 0.1) is 0 Å². The number of aliphatic carboxylic acids is 1. The summed E-state index contributed by atoms with van der Waals surface area (Å²) in [7, 11) is 0. The maximum absolute atomic E-state index is 12.8. The van der Waals surface area contributed by atoms with E-state index in [-0.39, 0.29) is 16.7 Å². The summed E-state index contributed by atoms with van der Waals surface area (Å²) in [5, 5.41) is 12.2. The average molecular weight is 389 g/mol. The van der Waals surface area contributed by atoms with E-state index in [2.05, 4.69) is 5.32 Å². The highest BCUT2D eigenvalue weighted by atomic mass is 35.5. The molecule has 0 unspecified atom stereocenters. The van der Waals surface area contributed by atoms with Crippen molar-refractivity contribution in [2.24, 2.45) is 0 Å². The smallest absolute Gasteiger partial charge is 0.341 e. The highest BCUT2D eigenvalue weighted by Gasteiger charge is 2.33. The standard InChI is InChI=1S/C18H13ClN2O4S/c19-12-6-2-3-7-14(12)21-17(24)13(20-18(21)26)9-11-5-1-4-8-15(11)25-10-16(22)23/h1-9H,10H2,(H,20,26)(H,22,23)/b13-9-. The van der Waals surface area contributed by atoms with E-state index in [4.69, 9.17) is 33.7 Å². The largest absolute Gasteiger partial charge is 0.481 e. The first-order valence-electron chi connectivity index (χ1n) is 7.52. The Bertz CT molecular complexity index is 929. The number of nitrogens with one attached hydrogen (secondary N) is 1. The van der Waals surface area contributed by atoms with E-state index in [0.29, 0.717) is 22.0 Å². The van der Waals surface area contributed by atoms with Crippen LogP contribution in [-0.4, -0.2) is 28.7 Å². The van der Waals surface area contributed by atoms with Crippen LogP contribution in [0.3, 0.4) is 0 Å². The lowest BCUT2D eigenvalue weighted by Gasteiger charge is -2.15. The fourth-order valence-electron chi connectivity index (χ4n) is 2.41. The van der Waals surface area contributed by atoms with Crippen LogP contribution in [0.2, 0.25) is 5.02 Å². The molecule has 1 fully saturated rings. The Labute approximate surface area is 159 Å². The summed E-state index contributed by atoms with van der Waals surface area (Å²) in [4.78, 5) is 24.8. The van der Waals surface area contributed by atoms with Crippen LogP contribution in [-0.2, 0) is 9.59 Å². The molecule has 8 heteroatoms. The van der Waals surface area contributed by atoms with Crippen molar-refractivity contribution in [1.82, 2.24) is 5.32 Å². The van der Waals surface area contributed by atoms with Gasteiger partial charge in [-0.05, 0) is 36.5 Å². The van der Waals surface area contributed by atoms with Crippen molar-refractivity contribution in [3.05, 3.63) is 64.8 Å². The number of amides is 1. The van der Waals surface area contributed by atoms with E-state index < -0.39 is 12.6 Å². The third-order valence-electron chi connectivity index (χ3n) is 3.54. The van der Waals surface area contributed by atoms with Crippen molar-refractivity contribution in [2.45, 2.75) is 0 Å². The number of halogens is 1. The first-order chi connectivity index (χ1) is 12.5. The Morgan fingerprint density at radius 2 is 1.92 bits per heavy atom. The number of rotatable bonds is 5. The van der Waals surface area contributed by atoms with Gasteiger partial charge in [0.2, 0.25) is 0 Å². The molecule has 1 amide bonds. The van der Waals surface area contributed by atoms with Gasteiger partial charge in [0.25, 0.3) is 5.91 Å². The lowest BCUT2D eigenvalue weighted by Crippen LogP contribution is -2.30. The number of anilines is 1. The van der Waals surface area contributed by atoms with E-state index in [0.717, 1.165) is 0 Å². The number of hydrogen-bond acceptors (Lipinski definition) is 4. The minimum absolute atomic E-state index is 0.207. The molecule has 1 aliphatic rings. The van der Waals surface area contributed by atoms with Crippen LogP contribution in [0.4, 0.5) is 5.69 Å². The number of carbonyl (C=O) groups is 2. The predicted octanol–water partition coefficient (Wildman–Crippen LogP) is 3.07. The average Bonchev–Trinajstić information content (AvgIpc) is 2.88. The molecule has 0 atom stereocenters. The molecular formula is C18H13ClN2O4S. The maximum Gasteiger partial charge on any atom is 0.341 e. The van der Waals surface area contributed by atoms with Crippen LogP contribution in [0.15, 0.2) is 54.2 Å². The summed E-state index contributed by atoms with van der Waals surface area (Å²) in [6.45, 7) is -0.480. The van der Waals surface area contributed by atoms with E-state index in [1.54, 1.807) is 54.6 Å². The fourth-order valence-corrected chi connectivity index (χ4v) is 2.92. The second-order valence-corrected chi connectivity index (χ2v) is 6.09. The second kappa shape index (κ2) is 7.55. The third-order valence-corrected chi connectivity index (χ3v) is 4.15. The molecule has 0 aromatic heterocycles. The topological polar surface area (TPSA) is 78.9 Å². The molecule has 1 heterocycles. The molecule has 0 bridgehead atoms. The van der Waals surface area contributed by atoms with Crippen molar-refractivity contribution in [3.8, 4) is 5.75 Å². The molecule has 0 saturated carbocycles. The number of carbonyl (C=O) groups excluding carboxylic acids is 1. The molecule has 26 heavy (non-hydrogen) atoms. The van der Waals surface area contributed by atoms with Crippen LogP contribution in [0.5, 0.6) is 5.75 Å². The van der Waals surface area contributed by atoms with Crippen LogP contribution >= 0.6 is 23.8 Å². The Morgan fingerprint density at radius 3 is 2.65 bits per heavy atom. The summed E-state index contributed by atoms with van der Waals surface area (Å²) in [5.74, 6) is -1.11. The molecule has 6 nitrogen and oxygen atoms in total. The van der Waals surface area contributed by atoms with Crippen LogP contribution in [0.25, 0.3) is 6.08 Å². The van der Waals surface area contributed by atoms with Gasteiger partial charge < -0.3 is 15.2 Å². The van der Waals surface area contributed by atoms with Gasteiger partial charge in [-0.2, -0.15) is 0 Å². The fraction of sp³-hybridized carbons (Fsp3) is 0.0556. The molecule has 0 spiro atoms. The molecule has 0 radical (unpaired) electrons. The third kappa shape index (κ3) is 3.68. The summed E-state index contributed by atoms with van der Waals surface area (Å²) in [6.07, 6.45) is 1.56. The molecule has 2 N–H and O–H groups in total. The van der Waals surface area contributed by atoms with Gasteiger partial charge >= 0.3 is 5.97 Å². The number of carboxylic acid groups (broad SMARTS) is 1. The summed E-state index contributed by atoms with van der Waals surface area (Å²) in [6, 6.07) is 13.7. The minimum Gasteiger partial charge on any atom is -0.481 e. The Morgan fingerprint density at radius 1 is 1.23 bits per heavy atom. The molecule has 1 aliphatic heterocycles. The number of benzene rings is 2. The number of carboxylic acids is 1. The lowest BCUT2D eigenvalue weighted by molar-refractivity contribution is -0.139. The van der Waals surface area contributed by atoms with Crippen LogP contribution < -0.4 is 15.0 Å². The normalized spacial score (nSPS) is 15.3. The van der Waals surface area contributed by atoms with E-state index in [1.165, 1.54) is 4.90 Å². The molecule has 3 rings (SSSR count). The molecule has 132 valence electrons. The van der Waals surface area contributed by atoms with Gasteiger partial charge in [0.05, 0.1) is 10.7 Å². The first-order valence-corrected chi connectivity index (χ1v) is 8.31. The first kappa shape index (κ1) is 17.9. The Hall–Kier alpha value is -2.90. The number of ether oxygens (including phenoxy) is 1. The minimum atomic E-state index is -1.09. The Kier molecular flexibility index (Phi) is 5.20. The second-order valence-electron chi connectivity index (χ2n) is 5.30. The molecule has 2 aromatic carbocycles. The van der Waals surface area contributed by atoms with Gasteiger partial charge in [0, 0.05) is 5.56 Å². The molecule has 2 aromatic rings. The summed E-state index contributed by atoms with van der Waals surface area (Å²) < 4.78 is 5.25. The van der Waals surface area contributed by atoms with Gasteiger partial charge in [-0.3, -0.25) is 9.69 Å². The van der Waals surface area contributed by atoms with Crippen molar-refractivity contribution >= 4 is 52.6 Å². The van der Waals surface area contributed by atoms with E-state index in [1.807, 2.05) is 0 Å². The maximum atomic E-state index is 12.8. The zero-order chi connectivity index (χ0) is 18.7. The lowest BCUT2D eigenvalue weighted by atomic mass is 10.1. The number of nitrogens with zero attached hydrogens (tertiary/aromatic N) is 1. The van der Waals surface area contributed by atoms with Gasteiger partial charge in [0.15, 0.2) is 11.7 Å². The van der Waals surface area contributed by atoms with Crippen molar-refractivity contribution in [1.29, 1.82) is 0 Å². The highest BCUT2D eigenvalue weighted by molar-refractivity contribution is 7.80. The van der Waals surface area contributed by atoms with Crippen molar-refractivity contribution < 1.29 is 19.4 Å². The molecular weight excluding hydrogens is 376 g/mol. The SMILES string of the molecule is O=C(O)COc1ccccc1/C=C1\NC(=S)N(c2ccccc2Cl)C1=O. The number of hydrogen-bond donors (Lipinski definition) is 2. The molecule has 0 aliphatic carbocycles.